The van der Waals surface area contributed by atoms with Crippen LogP contribution in [0.3, 0.4) is 0 Å². The van der Waals surface area contributed by atoms with Crippen LogP contribution in [0.15, 0.2) is 88.9 Å². The van der Waals surface area contributed by atoms with Crippen molar-refractivity contribution in [1.82, 2.24) is 15.2 Å². The maximum absolute atomic E-state index is 13.7. The molecule has 2 amide bonds. The predicted octanol–water partition coefficient (Wildman–Crippen LogP) is 4.01. The van der Waals surface area contributed by atoms with Crippen molar-refractivity contribution in [2.24, 2.45) is 0 Å². The van der Waals surface area contributed by atoms with Crippen LogP contribution < -0.4 is 11.1 Å². The van der Waals surface area contributed by atoms with Crippen LogP contribution in [0.25, 0.3) is 0 Å². The van der Waals surface area contributed by atoms with Crippen LogP contribution in [0, 0.1) is 0 Å². The van der Waals surface area contributed by atoms with Crippen LogP contribution in [0.5, 0.6) is 0 Å². The zero-order valence-electron chi connectivity index (χ0n) is 20.0. The predicted molar refractivity (Wildman–Crippen MR) is 148 cm³/mol. The molecule has 0 bridgehead atoms. The third-order valence-electron chi connectivity index (χ3n) is 6.11. The summed E-state index contributed by atoms with van der Waals surface area (Å²) in [6.07, 6.45) is 0.923. The summed E-state index contributed by atoms with van der Waals surface area (Å²) in [5.41, 5.74) is 9.78. The molecule has 1 saturated heterocycles. The molecule has 0 aliphatic carbocycles. The Morgan fingerprint density at radius 2 is 1.82 bits per heavy atom. The third-order valence-corrected chi connectivity index (χ3v) is 8.26. The molecular formula is C27H23ClN4O4S2. The van der Waals surface area contributed by atoms with Crippen LogP contribution in [0.4, 0.5) is 5.13 Å². The molecule has 3 N–H and O–H groups in total. The first-order valence-electron chi connectivity index (χ1n) is 11.7. The number of hydrogen-bond donors (Lipinski definition) is 2. The van der Waals surface area contributed by atoms with Gasteiger partial charge in [-0.2, -0.15) is 0 Å². The van der Waals surface area contributed by atoms with Crippen molar-refractivity contribution in [1.29, 1.82) is 0 Å². The van der Waals surface area contributed by atoms with Crippen molar-refractivity contribution in [3.05, 3.63) is 106 Å². The maximum Gasteiger partial charge on any atom is 0.356 e. The van der Waals surface area contributed by atoms with Crippen molar-refractivity contribution in [2.45, 2.75) is 23.9 Å². The Morgan fingerprint density at radius 3 is 2.39 bits per heavy atom. The smallest absolute Gasteiger partial charge is 0.356 e. The molecule has 38 heavy (non-hydrogen) atoms. The number of rotatable bonds is 8. The Morgan fingerprint density at radius 1 is 1.16 bits per heavy atom. The molecule has 5 rings (SSSR count). The number of carbonyl (C=O) groups is 3. The Balaban J connectivity index is 1.37. The van der Waals surface area contributed by atoms with E-state index in [0.29, 0.717) is 22.2 Å². The number of halogens is 1. The number of nitrogens with one attached hydrogen (secondary N) is 1. The maximum atomic E-state index is 13.7. The van der Waals surface area contributed by atoms with E-state index >= 15 is 0 Å². The van der Waals surface area contributed by atoms with E-state index in [0.717, 1.165) is 11.1 Å². The average molecular weight is 567 g/mol. The zero-order valence-corrected chi connectivity index (χ0v) is 22.3. The summed E-state index contributed by atoms with van der Waals surface area (Å²) in [6, 6.07) is 18.0. The fourth-order valence-electron chi connectivity index (χ4n) is 4.38. The number of carbonyl (C=O) groups excluding carboxylic acids is 3. The second kappa shape index (κ2) is 11.4. The van der Waals surface area contributed by atoms with E-state index in [1.54, 1.807) is 11.5 Å². The monoisotopic (exact) mass is 566 g/mol. The fourth-order valence-corrected chi connectivity index (χ4v) is 6.41. The second-order valence-electron chi connectivity index (χ2n) is 8.58. The highest BCUT2D eigenvalue weighted by Crippen LogP contribution is 2.42. The van der Waals surface area contributed by atoms with Gasteiger partial charge in [0.15, 0.2) is 11.2 Å². The number of aromatic nitrogens is 1. The number of nitrogens with two attached hydrogens (primary N) is 1. The number of nitrogen functional groups attached to an aromatic ring is 1. The Hall–Kier alpha value is -3.60. The quantitative estimate of drug-likeness (QED) is 0.313. The van der Waals surface area contributed by atoms with Crippen LogP contribution in [0.2, 0.25) is 0 Å². The minimum Gasteiger partial charge on any atom is -0.448 e. The van der Waals surface area contributed by atoms with Crippen LogP contribution in [-0.2, 0) is 25.5 Å². The van der Waals surface area contributed by atoms with Gasteiger partial charge in [-0.05, 0) is 22.8 Å². The summed E-state index contributed by atoms with van der Waals surface area (Å²) in [4.78, 5) is 45.0. The van der Waals surface area contributed by atoms with E-state index in [1.165, 1.54) is 33.5 Å². The fraction of sp³-hybridized carbons (Fsp3) is 0.185. The third kappa shape index (κ3) is 5.33. The summed E-state index contributed by atoms with van der Waals surface area (Å²) in [7, 11) is 0. The van der Waals surface area contributed by atoms with Gasteiger partial charge in [-0.3, -0.25) is 14.5 Å². The zero-order chi connectivity index (χ0) is 26.6. The lowest BCUT2D eigenvalue weighted by Gasteiger charge is -2.49. The molecule has 0 saturated carbocycles. The molecule has 1 aromatic heterocycles. The first-order chi connectivity index (χ1) is 18.5. The molecule has 2 aliphatic heterocycles. The minimum absolute atomic E-state index is 0.00960. The van der Waals surface area contributed by atoms with Crippen molar-refractivity contribution in [3.63, 3.8) is 0 Å². The van der Waals surface area contributed by atoms with Gasteiger partial charge in [0, 0.05) is 16.7 Å². The molecule has 2 aliphatic rings. The van der Waals surface area contributed by atoms with Crippen molar-refractivity contribution >= 4 is 57.6 Å². The molecule has 0 spiro atoms. The molecule has 0 radical (unpaired) electrons. The number of anilines is 1. The van der Waals surface area contributed by atoms with E-state index in [1.807, 2.05) is 60.7 Å². The van der Waals surface area contributed by atoms with Gasteiger partial charge in [-0.25, -0.2) is 9.78 Å². The number of fused-ring (bicyclic) bond motifs is 1. The Labute approximate surface area is 232 Å². The van der Waals surface area contributed by atoms with Crippen LogP contribution in [-0.4, -0.2) is 44.8 Å². The number of thiazole rings is 1. The molecule has 194 valence electrons. The molecule has 3 heterocycles. The van der Waals surface area contributed by atoms with Gasteiger partial charge in [-0.15, -0.1) is 23.1 Å². The Bertz CT molecular complexity index is 1370. The number of nitrogens with zero attached hydrogens (tertiary/aromatic N) is 2. The molecule has 3 aromatic rings. The highest BCUT2D eigenvalue weighted by Gasteiger charge is 2.54. The second-order valence-corrected chi connectivity index (χ2v) is 10.8. The highest BCUT2D eigenvalue weighted by atomic mass is 35.5. The largest absolute Gasteiger partial charge is 0.448 e. The van der Waals surface area contributed by atoms with E-state index in [4.69, 9.17) is 22.1 Å². The number of allylic oxidation sites excluding steroid dienone is 1. The number of benzene rings is 2. The first-order valence-corrected chi connectivity index (χ1v) is 14.1. The number of β-lactam (4-membered cyclic amide) rings is 1. The van der Waals surface area contributed by atoms with E-state index in [2.05, 4.69) is 10.3 Å². The molecule has 2 aromatic carbocycles. The summed E-state index contributed by atoms with van der Waals surface area (Å²) >= 11 is 8.55. The number of thioether (sulfide) groups is 1. The SMILES string of the molecule is Nc1nc(CC(=O)NC2C(=O)N3C(C(=O)OC(c4ccccc4)c4ccccc4)=C(/C=C/Cl)CSC23)cs1. The average Bonchev–Trinajstić information content (AvgIpc) is 3.35. The molecule has 11 heteroatoms. The van der Waals surface area contributed by atoms with Gasteiger partial charge in [0.2, 0.25) is 5.91 Å². The van der Waals surface area contributed by atoms with Gasteiger partial charge < -0.3 is 15.8 Å². The first kappa shape index (κ1) is 26.0. The summed E-state index contributed by atoms with van der Waals surface area (Å²) in [6.45, 7) is 0. The summed E-state index contributed by atoms with van der Waals surface area (Å²) < 4.78 is 6.05. The topological polar surface area (TPSA) is 115 Å². The standard InChI is InChI=1S/C27H23ClN4O4S2/c28-12-11-18-14-37-25-21(31-20(33)13-19-15-38-27(29)30-19)24(34)32(25)22(18)26(35)36-23(16-7-3-1-4-8-16)17-9-5-2-6-10-17/h1-12,15,21,23,25H,13-14H2,(H2,29,30)(H,31,33)/b12-11+. The summed E-state index contributed by atoms with van der Waals surface area (Å²) in [5.74, 6) is -0.967. The minimum atomic E-state index is -0.771. The van der Waals surface area contributed by atoms with Gasteiger partial charge >= 0.3 is 5.97 Å². The molecular weight excluding hydrogens is 544 g/mol. The molecule has 1 fully saturated rings. The van der Waals surface area contributed by atoms with E-state index in [9.17, 15) is 14.4 Å². The Kier molecular flexibility index (Phi) is 7.82. The highest BCUT2D eigenvalue weighted by molar-refractivity contribution is 8.00. The van der Waals surface area contributed by atoms with Gasteiger partial charge in [-0.1, -0.05) is 72.3 Å². The van der Waals surface area contributed by atoms with E-state index in [-0.39, 0.29) is 18.0 Å². The van der Waals surface area contributed by atoms with Crippen LogP contribution >= 0.6 is 34.7 Å². The van der Waals surface area contributed by atoms with Crippen molar-refractivity contribution in [2.75, 3.05) is 11.5 Å². The lowest BCUT2D eigenvalue weighted by Crippen LogP contribution is -2.70. The van der Waals surface area contributed by atoms with E-state index < -0.39 is 29.4 Å². The molecule has 2 unspecified atom stereocenters. The number of hydrogen-bond acceptors (Lipinski definition) is 8. The van der Waals surface area contributed by atoms with Gasteiger partial charge in [0.1, 0.15) is 17.1 Å². The van der Waals surface area contributed by atoms with Crippen LogP contribution in [0.1, 0.15) is 22.9 Å². The number of esters is 1. The number of amides is 2. The van der Waals surface area contributed by atoms with Gasteiger partial charge in [0.25, 0.3) is 5.91 Å². The molecule has 8 nitrogen and oxygen atoms in total. The normalized spacial score (nSPS) is 18.9. The lowest BCUT2D eigenvalue weighted by molar-refractivity contribution is -0.154. The van der Waals surface area contributed by atoms with Crippen molar-refractivity contribution in [3.8, 4) is 0 Å². The van der Waals surface area contributed by atoms with Crippen molar-refractivity contribution < 1.29 is 19.1 Å². The van der Waals surface area contributed by atoms with Gasteiger partial charge in [0.05, 0.1) is 12.1 Å². The molecule has 2 atom stereocenters. The lowest BCUT2D eigenvalue weighted by atomic mass is 10.0. The number of ether oxygens (including phenoxy) is 1. The summed E-state index contributed by atoms with van der Waals surface area (Å²) in [5, 5.41) is 4.40.